The molecule has 188 valence electrons. The summed E-state index contributed by atoms with van der Waals surface area (Å²) in [5.74, 6) is 1.61. The van der Waals surface area contributed by atoms with Crippen molar-refractivity contribution in [1.29, 1.82) is 0 Å². The Morgan fingerprint density at radius 3 is 1.50 bits per heavy atom. The van der Waals surface area contributed by atoms with Crippen LogP contribution in [0.15, 0.2) is 72.8 Å². The van der Waals surface area contributed by atoms with Crippen LogP contribution in [0.25, 0.3) is 0 Å². The standard InChI is InChI=1S/C30H32O6/c1-17(33-21-9-5-3-6-10-21)35-29(31)27-23-16-24(26-20-14-13-19(15-20)25(23)26)28(27)30(32)36-18(2)34-22-11-7-4-8-12-22/h3-14,17-20,23-28H,15-16H2,1-2H3. The predicted molar refractivity (Wildman–Crippen MR) is 132 cm³/mol. The Hall–Kier alpha value is -3.28. The smallest absolute Gasteiger partial charge is 0.313 e. The third-order valence-electron chi connectivity index (χ3n) is 8.62. The SMILES string of the molecule is CC(OC(=O)C1C2CC(C1C(=O)OC(C)Oc1ccccc1)C1C3C=CC(C3)C21)Oc1ccccc1. The predicted octanol–water partition coefficient (Wildman–Crippen LogP) is 5.24. The summed E-state index contributed by atoms with van der Waals surface area (Å²) >= 11 is 0. The largest absolute Gasteiger partial charge is 0.455 e. The summed E-state index contributed by atoms with van der Waals surface area (Å²) in [5.41, 5.74) is 0. The molecule has 2 aromatic carbocycles. The van der Waals surface area contributed by atoms with Gasteiger partial charge in [0, 0.05) is 13.8 Å². The number of hydrogen-bond acceptors (Lipinski definition) is 6. The van der Waals surface area contributed by atoms with E-state index in [2.05, 4.69) is 12.2 Å². The van der Waals surface area contributed by atoms with Gasteiger partial charge in [0.15, 0.2) is 0 Å². The van der Waals surface area contributed by atoms with Crippen LogP contribution < -0.4 is 9.47 Å². The third kappa shape index (κ3) is 4.06. The second-order valence-corrected chi connectivity index (χ2v) is 10.6. The van der Waals surface area contributed by atoms with Gasteiger partial charge in [-0.05, 0) is 72.6 Å². The lowest BCUT2D eigenvalue weighted by Crippen LogP contribution is -2.46. The molecule has 10 atom stereocenters. The fourth-order valence-electron chi connectivity index (χ4n) is 7.59. The fourth-order valence-corrected chi connectivity index (χ4v) is 7.59. The van der Waals surface area contributed by atoms with Crippen molar-refractivity contribution in [3.63, 3.8) is 0 Å². The molecule has 3 fully saturated rings. The van der Waals surface area contributed by atoms with Crippen molar-refractivity contribution >= 4 is 11.9 Å². The van der Waals surface area contributed by atoms with Gasteiger partial charge < -0.3 is 18.9 Å². The van der Waals surface area contributed by atoms with E-state index in [1.54, 1.807) is 13.8 Å². The van der Waals surface area contributed by atoms with E-state index in [0.717, 1.165) is 12.8 Å². The number of esters is 2. The molecule has 0 radical (unpaired) electrons. The van der Waals surface area contributed by atoms with E-state index in [-0.39, 0.29) is 23.8 Å². The number of rotatable bonds is 8. The quantitative estimate of drug-likeness (QED) is 0.219. The van der Waals surface area contributed by atoms with Crippen LogP contribution in [0.3, 0.4) is 0 Å². The molecule has 4 bridgehead atoms. The van der Waals surface area contributed by atoms with Crippen LogP contribution in [0, 0.1) is 47.3 Å². The minimum absolute atomic E-state index is 0.124. The second-order valence-electron chi connectivity index (χ2n) is 10.6. The monoisotopic (exact) mass is 488 g/mol. The van der Waals surface area contributed by atoms with Gasteiger partial charge in [-0.2, -0.15) is 0 Å². The molecule has 4 aliphatic carbocycles. The van der Waals surface area contributed by atoms with Gasteiger partial charge in [0.2, 0.25) is 12.6 Å². The molecule has 6 rings (SSSR count). The van der Waals surface area contributed by atoms with Gasteiger partial charge in [0.25, 0.3) is 0 Å². The molecule has 6 heteroatoms. The van der Waals surface area contributed by atoms with Crippen LogP contribution in [0.2, 0.25) is 0 Å². The molecule has 0 aliphatic heterocycles. The van der Waals surface area contributed by atoms with E-state index in [1.807, 2.05) is 60.7 Å². The molecule has 3 saturated carbocycles. The van der Waals surface area contributed by atoms with Crippen molar-refractivity contribution in [2.45, 2.75) is 39.3 Å². The first-order valence-electron chi connectivity index (χ1n) is 13.0. The number of para-hydroxylation sites is 2. The molecule has 2 aromatic rings. The van der Waals surface area contributed by atoms with E-state index < -0.39 is 24.4 Å². The zero-order valence-corrected chi connectivity index (χ0v) is 20.6. The topological polar surface area (TPSA) is 71.1 Å². The highest BCUT2D eigenvalue weighted by molar-refractivity contribution is 5.84. The van der Waals surface area contributed by atoms with Gasteiger partial charge in [-0.25, -0.2) is 0 Å². The highest BCUT2D eigenvalue weighted by Gasteiger charge is 2.68. The first-order chi connectivity index (χ1) is 17.5. The average molecular weight is 489 g/mol. The number of hydrogen-bond donors (Lipinski definition) is 0. The molecule has 0 saturated heterocycles. The van der Waals surface area contributed by atoms with Crippen molar-refractivity contribution < 1.29 is 28.5 Å². The Morgan fingerprint density at radius 1 is 0.667 bits per heavy atom. The summed E-state index contributed by atoms with van der Waals surface area (Å²) in [4.78, 5) is 27.1. The minimum atomic E-state index is -0.758. The van der Waals surface area contributed by atoms with Gasteiger partial charge in [-0.3, -0.25) is 9.59 Å². The van der Waals surface area contributed by atoms with Crippen LogP contribution in [-0.2, 0) is 19.1 Å². The van der Waals surface area contributed by atoms with Crippen molar-refractivity contribution in [3.8, 4) is 11.5 Å². The van der Waals surface area contributed by atoms with E-state index in [4.69, 9.17) is 18.9 Å². The molecule has 6 nitrogen and oxygen atoms in total. The lowest BCUT2D eigenvalue weighted by molar-refractivity contribution is -0.184. The van der Waals surface area contributed by atoms with E-state index in [0.29, 0.717) is 35.2 Å². The van der Waals surface area contributed by atoms with Gasteiger partial charge in [-0.1, -0.05) is 48.6 Å². The van der Waals surface area contributed by atoms with Crippen molar-refractivity contribution in [1.82, 2.24) is 0 Å². The molecule has 0 N–H and O–H groups in total. The van der Waals surface area contributed by atoms with Gasteiger partial charge in [0.05, 0.1) is 11.8 Å². The Balaban J connectivity index is 1.19. The van der Waals surface area contributed by atoms with Crippen LogP contribution >= 0.6 is 0 Å². The van der Waals surface area contributed by atoms with Gasteiger partial charge >= 0.3 is 11.9 Å². The molecule has 0 heterocycles. The molecule has 10 unspecified atom stereocenters. The molecule has 0 spiro atoms. The van der Waals surface area contributed by atoms with Crippen LogP contribution in [0.4, 0.5) is 0 Å². The lowest BCUT2D eigenvalue weighted by Gasteiger charge is -2.40. The highest BCUT2D eigenvalue weighted by atomic mass is 16.7. The summed E-state index contributed by atoms with van der Waals surface area (Å²) in [6, 6.07) is 18.6. The van der Waals surface area contributed by atoms with Crippen LogP contribution in [0.5, 0.6) is 11.5 Å². The molecular weight excluding hydrogens is 456 g/mol. The average Bonchev–Trinajstić information content (AvgIpc) is 3.64. The number of fused-ring (bicyclic) bond motifs is 9. The van der Waals surface area contributed by atoms with Crippen molar-refractivity contribution in [2.75, 3.05) is 0 Å². The number of ether oxygens (including phenoxy) is 4. The maximum atomic E-state index is 13.6. The lowest BCUT2D eigenvalue weighted by atomic mass is 9.65. The summed E-state index contributed by atoms with van der Waals surface area (Å²) in [6.07, 6.45) is 5.12. The Kier molecular flexibility index (Phi) is 5.98. The number of allylic oxidation sites excluding steroid dienone is 2. The van der Waals surface area contributed by atoms with Crippen LogP contribution in [0.1, 0.15) is 26.7 Å². The Morgan fingerprint density at radius 2 is 1.08 bits per heavy atom. The van der Waals surface area contributed by atoms with Crippen LogP contribution in [-0.4, -0.2) is 24.5 Å². The maximum Gasteiger partial charge on any atom is 0.313 e. The number of benzene rings is 2. The fraction of sp³-hybridized carbons (Fsp3) is 0.467. The summed E-state index contributed by atoms with van der Waals surface area (Å²) in [7, 11) is 0. The summed E-state index contributed by atoms with van der Waals surface area (Å²) < 4.78 is 23.2. The van der Waals surface area contributed by atoms with E-state index in [9.17, 15) is 9.59 Å². The summed E-state index contributed by atoms with van der Waals surface area (Å²) in [6.45, 7) is 3.43. The first-order valence-corrected chi connectivity index (χ1v) is 13.0. The summed E-state index contributed by atoms with van der Waals surface area (Å²) in [5, 5.41) is 0. The highest BCUT2D eigenvalue weighted by Crippen LogP contribution is 2.69. The zero-order valence-electron chi connectivity index (χ0n) is 20.6. The second kappa shape index (κ2) is 9.30. The zero-order chi connectivity index (χ0) is 24.8. The van der Waals surface area contributed by atoms with E-state index in [1.165, 1.54) is 0 Å². The van der Waals surface area contributed by atoms with Gasteiger partial charge in [-0.15, -0.1) is 0 Å². The normalized spacial score (nSPS) is 34.6. The molecule has 0 amide bonds. The number of carbonyl (C=O) groups is 2. The van der Waals surface area contributed by atoms with Gasteiger partial charge in [0.1, 0.15) is 11.5 Å². The molecule has 4 aliphatic rings. The molecule has 0 aromatic heterocycles. The van der Waals surface area contributed by atoms with Crippen molar-refractivity contribution in [2.24, 2.45) is 47.3 Å². The Labute approximate surface area is 211 Å². The first kappa shape index (κ1) is 23.1. The van der Waals surface area contributed by atoms with E-state index >= 15 is 0 Å². The minimum Gasteiger partial charge on any atom is -0.455 e. The Bertz CT molecular complexity index is 1040. The molecule has 36 heavy (non-hydrogen) atoms. The molecular formula is C30H32O6. The third-order valence-corrected chi connectivity index (χ3v) is 8.62. The van der Waals surface area contributed by atoms with Crippen molar-refractivity contribution in [3.05, 3.63) is 72.8 Å². The number of carbonyl (C=O) groups excluding carboxylic acids is 2. The maximum absolute atomic E-state index is 13.6.